The Kier molecular flexibility index (Phi) is 8.55. The van der Waals surface area contributed by atoms with E-state index in [-0.39, 0.29) is 31.3 Å². The maximum Gasteiger partial charge on any atom is 0.416 e. The third-order valence-corrected chi connectivity index (χ3v) is 9.00. The van der Waals surface area contributed by atoms with E-state index in [1.54, 1.807) is 24.3 Å². The number of guanidine groups is 1. The molecule has 1 aliphatic carbocycles. The Balaban J connectivity index is 1.50. The summed E-state index contributed by atoms with van der Waals surface area (Å²) >= 11 is 6.08. The van der Waals surface area contributed by atoms with Gasteiger partial charge in [-0.1, -0.05) is 54.1 Å². The predicted molar refractivity (Wildman–Crippen MR) is 154 cm³/mol. The van der Waals surface area contributed by atoms with E-state index in [1.165, 1.54) is 5.01 Å². The second-order valence-electron chi connectivity index (χ2n) is 9.95. The highest BCUT2D eigenvalue weighted by atomic mass is 35.5. The lowest BCUT2D eigenvalue weighted by Gasteiger charge is -2.32. The number of benzene rings is 3. The minimum Gasteiger partial charge on any atom is -0.255 e. The average Bonchev–Trinajstić information content (AvgIpc) is 3.37. The summed E-state index contributed by atoms with van der Waals surface area (Å²) in [6.45, 7) is 0.167. The number of halogens is 4. The van der Waals surface area contributed by atoms with Crippen molar-refractivity contribution in [1.29, 1.82) is 0 Å². The summed E-state index contributed by atoms with van der Waals surface area (Å²) in [5.41, 5.74) is 1.23. The van der Waals surface area contributed by atoms with Crippen LogP contribution in [0.4, 0.5) is 13.2 Å². The van der Waals surface area contributed by atoms with Crippen molar-refractivity contribution in [2.24, 2.45) is 15.2 Å². The third kappa shape index (κ3) is 7.54. The molecule has 0 unspecified atom stereocenters. The zero-order valence-electron chi connectivity index (χ0n) is 22.1. The van der Waals surface area contributed by atoms with Crippen LogP contribution in [0.5, 0.6) is 0 Å². The van der Waals surface area contributed by atoms with Crippen molar-refractivity contribution in [2.45, 2.75) is 42.0 Å². The van der Waals surface area contributed by atoms with E-state index in [0.717, 1.165) is 23.3 Å². The fourth-order valence-corrected chi connectivity index (χ4v) is 6.37. The maximum absolute atomic E-state index is 13.4. The van der Waals surface area contributed by atoms with Crippen LogP contribution < -0.4 is 9.86 Å². The van der Waals surface area contributed by atoms with Crippen LogP contribution in [0.25, 0.3) is 0 Å². The fourth-order valence-electron chi connectivity index (χ4n) is 4.69. The molecule has 1 saturated carbocycles. The van der Waals surface area contributed by atoms with Crippen molar-refractivity contribution < 1.29 is 34.2 Å². The van der Waals surface area contributed by atoms with E-state index in [9.17, 15) is 30.0 Å². The van der Waals surface area contributed by atoms with Gasteiger partial charge in [-0.05, 0) is 60.4 Å². The average molecular weight is 656 g/mol. The van der Waals surface area contributed by atoms with E-state index in [0.29, 0.717) is 22.9 Å². The molecule has 1 heterocycles. The molecule has 1 atom stereocenters. The van der Waals surface area contributed by atoms with E-state index in [1.807, 2.05) is 30.3 Å². The largest absolute Gasteiger partial charge is 0.416 e. The number of hydrogen-bond donors (Lipinski definition) is 2. The van der Waals surface area contributed by atoms with Gasteiger partial charge >= 0.3 is 16.5 Å². The quantitative estimate of drug-likeness (QED) is 0.288. The van der Waals surface area contributed by atoms with Crippen molar-refractivity contribution in [3.63, 3.8) is 0 Å². The van der Waals surface area contributed by atoms with Crippen LogP contribution in [-0.4, -0.2) is 52.2 Å². The van der Waals surface area contributed by atoms with E-state index in [4.69, 9.17) is 26.0 Å². The molecule has 1 fully saturated rings. The second kappa shape index (κ2) is 11.9. The lowest BCUT2D eigenvalue weighted by atomic mass is 9.90. The Morgan fingerprint density at radius 1 is 0.977 bits per heavy atom. The van der Waals surface area contributed by atoms with Crippen LogP contribution >= 0.6 is 11.6 Å². The minimum absolute atomic E-state index is 0.131. The Morgan fingerprint density at radius 3 is 2.19 bits per heavy atom. The minimum atomic E-state index is -4.64. The number of sulfonamides is 1. The molecule has 0 bridgehead atoms. The first kappa shape index (κ1) is 30.9. The lowest BCUT2D eigenvalue weighted by molar-refractivity contribution is -0.137. The van der Waals surface area contributed by atoms with Crippen LogP contribution in [0.1, 0.15) is 35.4 Å². The Bertz CT molecular complexity index is 1750. The lowest BCUT2D eigenvalue weighted by Crippen LogP contribution is -2.45. The molecule has 3 aromatic carbocycles. The van der Waals surface area contributed by atoms with Crippen LogP contribution in [0.2, 0.25) is 5.02 Å². The molecule has 3 N–H and O–H groups in total. The molecule has 0 saturated heterocycles. The molecule has 16 heteroatoms. The second-order valence-corrected chi connectivity index (χ2v) is 13.3. The zero-order valence-corrected chi connectivity index (χ0v) is 24.5. The Labute approximate surface area is 251 Å². The fraction of sp³-hybridized carbons (Fsp3) is 0.259. The smallest absolute Gasteiger partial charge is 0.255 e. The number of nitrogens with one attached hydrogen (secondary N) is 1. The number of aliphatic imine (C=N–C) groups is 1. The van der Waals surface area contributed by atoms with Gasteiger partial charge in [-0.15, -0.1) is 0 Å². The molecule has 0 radical (unpaired) electrons. The van der Waals surface area contributed by atoms with Crippen LogP contribution in [-0.2, 0) is 30.7 Å². The standard InChI is InChI=1S/C27H25ClF3N5O5S2/c28-20-10-6-18(7-11-20)25-24(17-4-2-1-3-5-17)16-36(34-25)26(33-21-14-22(15-21)41-43(32,39)40)35-42(37,38)23-12-8-19(9-13-23)27(29,30)31/h1-13,21-22,24H,14-16H2,(H,33,35)(H2,32,39,40)/t21?,22?,24-/m0/s1. The normalized spacial score (nSPS) is 21.3. The number of hydrazone groups is 1. The van der Waals surface area contributed by atoms with Crippen molar-refractivity contribution >= 4 is 43.6 Å². The number of alkyl halides is 3. The molecule has 0 spiro atoms. The zero-order chi connectivity index (χ0) is 31.0. The van der Waals surface area contributed by atoms with Crippen LogP contribution in [0, 0.1) is 0 Å². The van der Waals surface area contributed by atoms with Gasteiger partial charge in [0.1, 0.15) is 0 Å². The molecule has 1 aliphatic heterocycles. The summed E-state index contributed by atoms with van der Waals surface area (Å²) in [6.07, 6.45) is -5.12. The summed E-state index contributed by atoms with van der Waals surface area (Å²) < 4.78 is 95.6. The van der Waals surface area contributed by atoms with Crippen molar-refractivity contribution in [3.05, 3.63) is 101 Å². The molecule has 43 heavy (non-hydrogen) atoms. The first-order valence-corrected chi connectivity index (χ1v) is 16.2. The van der Waals surface area contributed by atoms with Gasteiger partial charge in [0.05, 0.1) is 34.9 Å². The van der Waals surface area contributed by atoms with E-state index < -0.39 is 49.1 Å². The van der Waals surface area contributed by atoms with Gasteiger partial charge in [-0.2, -0.15) is 26.7 Å². The van der Waals surface area contributed by atoms with E-state index >= 15 is 0 Å². The number of nitrogens with two attached hydrogens (primary N) is 1. The summed E-state index contributed by atoms with van der Waals surface area (Å²) in [5, 5.41) is 11.5. The Morgan fingerprint density at radius 2 is 1.60 bits per heavy atom. The number of rotatable bonds is 7. The molecular formula is C27H25ClF3N5O5S2. The van der Waals surface area contributed by atoms with Gasteiger partial charge in [0.25, 0.3) is 10.0 Å². The van der Waals surface area contributed by atoms with Crippen LogP contribution in [0.15, 0.2) is 93.9 Å². The molecule has 10 nitrogen and oxygen atoms in total. The summed E-state index contributed by atoms with van der Waals surface area (Å²) in [6, 6.07) is 18.8. The topological polar surface area (TPSA) is 144 Å². The van der Waals surface area contributed by atoms with Gasteiger partial charge in [0, 0.05) is 10.9 Å². The predicted octanol–water partition coefficient (Wildman–Crippen LogP) is 4.25. The highest BCUT2D eigenvalue weighted by Gasteiger charge is 2.37. The molecule has 0 amide bonds. The molecular weight excluding hydrogens is 631 g/mol. The highest BCUT2D eigenvalue weighted by molar-refractivity contribution is 7.90. The highest BCUT2D eigenvalue weighted by Crippen LogP contribution is 2.33. The third-order valence-electron chi connectivity index (χ3n) is 6.86. The van der Waals surface area contributed by atoms with Gasteiger partial charge in [0.15, 0.2) is 0 Å². The first-order chi connectivity index (χ1) is 20.2. The molecule has 2 aliphatic rings. The van der Waals surface area contributed by atoms with E-state index in [2.05, 4.69) is 9.71 Å². The van der Waals surface area contributed by atoms with Crippen molar-refractivity contribution in [2.75, 3.05) is 6.54 Å². The molecule has 5 rings (SSSR count). The number of nitrogens with zero attached hydrogens (tertiary/aromatic N) is 3. The van der Waals surface area contributed by atoms with Crippen molar-refractivity contribution in [3.8, 4) is 0 Å². The summed E-state index contributed by atoms with van der Waals surface area (Å²) in [5.74, 6) is -0.508. The van der Waals surface area contributed by atoms with Crippen molar-refractivity contribution in [1.82, 2.24) is 9.73 Å². The van der Waals surface area contributed by atoms with Crippen LogP contribution in [0.3, 0.4) is 0 Å². The van der Waals surface area contributed by atoms with Gasteiger partial charge < -0.3 is 0 Å². The summed E-state index contributed by atoms with van der Waals surface area (Å²) in [4.78, 5) is 4.09. The molecule has 0 aromatic heterocycles. The number of hydrogen-bond acceptors (Lipinski definition) is 7. The Hall–Kier alpha value is -3.50. The first-order valence-electron chi connectivity index (χ1n) is 12.8. The monoisotopic (exact) mass is 655 g/mol. The summed E-state index contributed by atoms with van der Waals surface area (Å²) in [7, 11) is -8.62. The van der Waals surface area contributed by atoms with Gasteiger partial charge in [-0.25, -0.2) is 28.3 Å². The van der Waals surface area contributed by atoms with Gasteiger partial charge in [0.2, 0.25) is 5.96 Å². The van der Waals surface area contributed by atoms with Gasteiger partial charge in [-0.3, -0.25) is 4.18 Å². The molecule has 228 valence electrons. The maximum atomic E-state index is 13.4. The molecule has 3 aromatic rings. The SMILES string of the molecule is NS(=O)(=O)OC1CC(N=C(NS(=O)(=O)c2ccc(C(F)(F)F)cc2)N2C[C@@H](c3ccccc3)C(c3ccc(Cl)cc3)=N2)C1.